The van der Waals surface area contributed by atoms with Crippen molar-refractivity contribution >= 4 is 35.8 Å². The van der Waals surface area contributed by atoms with Gasteiger partial charge in [0.15, 0.2) is 17.8 Å². The maximum atomic E-state index is 14.0. The van der Waals surface area contributed by atoms with Crippen molar-refractivity contribution in [2.75, 3.05) is 6.61 Å². The van der Waals surface area contributed by atoms with E-state index in [0.717, 1.165) is 27.7 Å². The van der Waals surface area contributed by atoms with Gasteiger partial charge in [-0.15, -0.1) is 0 Å². The van der Waals surface area contributed by atoms with Gasteiger partial charge < -0.3 is 38.3 Å². The Balaban J connectivity index is 2.20. The van der Waals surface area contributed by atoms with Crippen LogP contribution in [0.25, 0.3) is 0 Å². The molecular weight excluding hydrogens is 644 g/mol. The van der Waals surface area contributed by atoms with Crippen molar-refractivity contribution in [3.63, 3.8) is 0 Å². The van der Waals surface area contributed by atoms with Gasteiger partial charge in [-0.3, -0.25) is 19.2 Å². The highest BCUT2D eigenvalue weighted by molar-refractivity contribution is 5.90. The quantitative estimate of drug-likeness (QED) is 0.227. The number of ether oxygens (including phenoxy) is 7. The Kier molecular flexibility index (Phi) is 10.4. The summed E-state index contributed by atoms with van der Waals surface area (Å²) in [4.78, 5) is 78.6. The molecule has 1 saturated heterocycles. The zero-order valence-corrected chi connectivity index (χ0v) is 29.1. The number of hydrogen-bond acceptors (Lipinski definition) is 14. The molecule has 0 aromatic heterocycles. The van der Waals surface area contributed by atoms with E-state index in [0.29, 0.717) is 0 Å². The number of esters is 6. The first-order valence-corrected chi connectivity index (χ1v) is 15.9. The third kappa shape index (κ3) is 6.43. The van der Waals surface area contributed by atoms with E-state index in [9.17, 15) is 33.9 Å². The molecule has 14 nitrogen and oxygen atoms in total. The Hall–Kier alpha value is -4.30. The molecule has 49 heavy (non-hydrogen) atoms. The number of carbonyl (C=O) groups excluding carboxylic acids is 6. The van der Waals surface area contributed by atoms with Crippen molar-refractivity contribution in [3.05, 3.63) is 47.5 Å². The van der Waals surface area contributed by atoms with E-state index in [-0.39, 0.29) is 11.1 Å². The lowest BCUT2D eigenvalue weighted by atomic mass is 9.45. The summed E-state index contributed by atoms with van der Waals surface area (Å²) in [5, 5.41) is 12.6. The summed E-state index contributed by atoms with van der Waals surface area (Å²) in [6.07, 6.45) is -6.94. The lowest BCUT2D eigenvalue weighted by molar-refractivity contribution is -0.363. The van der Waals surface area contributed by atoms with Crippen LogP contribution in [0.2, 0.25) is 0 Å². The van der Waals surface area contributed by atoms with Gasteiger partial charge in [-0.2, -0.15) is 0 Å². The van der Waals surface area contributed by atoms with Crippen molar-refractivity contribution in [3.8, 4) is 0 Å². The summed E-state index contributed by atoms with van der Waals surface area (Å²) >= 11 is 0. The maximum Gasteiger partial charge on any atom is 0.338 e. The second-order valence-electron chi connectivity index (χ2n) is 13.5. The third-order valence-corrected chi connectivity index (χ3v) is 9.71. The normalized spacial score (nSPS) is 34.4. The molecule has 1 aromatic rings. The van der Waals surface area contributed by atoms with E-state index >= 15 is 0 Å². The summed E-state index contributed by atoms with van der Waals surface area (Å²) in [6.45, 7) is 11.3. The zero-order chi connectivity index (χ0) is 36.7. The molecule has 3 aliphatic rings. The molecule has 2 aliphatic carbocycles. The van der Waals surface area contributed by atoms with Gasteiger partial charge in [0, 0.05) is 39.7 Å². The molecule has 1 aromatic carbocycles. The smallest absolute Gasteiger partial charge is 0.338 e. The monoisotopic (exact) mass is 688 g/mol. The molecule has 2 saturated carbocycles. The molecule has 1 N–H and O–H groups in total. The van der Waals surface area contributed by atoms with Crippen LogP contribution in [-0.4, -0.2) is 94.9 Å². The average Bonchev–Trinajstić information content (AvgIpc) is 3.19. The first kappa shape index (κ1) is 37.5. The molecular formula is C35H44O14. The number of rotatable bonds is 9. The first-order chi connectivity index (χ1) is 22.8. The fourth-order valence-electron chi connectivity index (χ4n) is 7.96. The van der Waals surface area contributed by atoms with E-state index in [1.165, 1.54) is 32.1 Å². The minimum atomic E-state index is -2.28. The van der Waals surface area contributed by atoms with Gasteiger partial charge in [-0.25, -0.2) is 9.59 Å². The number of aliphatic hydroxyl groups is 1. The standard InChI is InChI=1S/C35H44O14/c1-10-18(2)30(40)47-26-25-28(46-22(6)39)35(49-32(25,7)8)33(9,42)16-24(44-20(4)37)27(45-21(5)38)34(35,17-43-19(3)36)29(26)48-31(41)23-14-12-11-13-15-23/h10-15,24-29,42H,16-17H2,1-9H3/b18-10-/t24?,25-,26?,27?,28?,29?,33-,34+,35+/m1/s1. The Morgan fingerprint density at radius 2 is 1.37 bits per heavy atom. The highest BCUT2D eigenvalue weighted by atomic mass is 16.7. The van der Waals surface area contributed by atoms with Gasteiger partial charge >= 0.3 is 35.8 Å². The van der Waals surface area contributed by atoms with Crippen LogP contribution in [0, 0.1) is 11.3 Å². The Bertz CT molecular complexity index is 1530. The van der Waals surface area contributed by atoms with Crippen molar-refractivity contribution in [2.24, 2.45) is 11.3 Å². The Labute approximate surface area is 284 Å². The van der Waals surface area contributed by atoms with Crippen LogP contribution < -0.4 is 0 Å². The van der Waals surface area contributed by atoms with Gasteiger partial charge in [0.2, 0.25) is 0 Å². The zero-order valence-electron chi connectivity index (χ0n) is 29.1. The Morgan fingerprint density at radius 1 is 0.796 bits per heavy atom. The predicted molar refractivity (Wildman–Crippen MR) is 167 cm³/mol. The summed E-state index contributed by atoms with van der Waals surface area (Å²) in [6, 6.07) is 7.82. The number of carbonyl (C=O) groups is 6. The third-order valence-electron chi connectivity index (χ3n) is 9.71. The van der Waals surface area contributed by atoms with Crippen LogP contribution in [-0.2, 0) is 57.1 Å². The van der Waals surface area contributed by atoms with Gasteiger partial charge in [0.05, 0.1) is 22.7 Å². The van der Waals surface area contributed by atoms with Crippen LogP contribution in [0.1, 0.15) is 79.1 Å². The highest BCUT2D eigenvalue weighted by Crippen LogP contribution is 2.69. The summed E-state index contributed by atoms with van der Waals surface area (Å²) in [5.74, 6) is -6.26. The van der Waals surface area contributed by atoms with E-state index in [1.54, 1.807) is 39.0 Å². The van der Waals surface area contributed by atoms with Crippen LogP contribution in [0.4, 0.5) is 0 Å². The predicted octanol–water partition coefficient (Wildman–Crippen LogP) is 2.77. The van der Waals surface area contributed by atoms with Gasteiger partial charge in [0.1, 0.15) is 30.3 Å². The maximum absolute atomic E-state index is 14.0. The number of hydrogen-bond donors (Lipinski definition) is 1. The minimum Gasteiger partial charge on any atom is -0.465 e. The largest absolute Gasteiger partial charge is 0.465 e. The number of benzene rings is 1. The highest BCUT2D eigenvalue weighted by Gasteiger charge is 2.89. The summed E-state index contributed by atoms with van der Waals surface area (Å²) < 4.78 is 42.6. The molecule has 14 heteroatoms. The number of allylic oxidation sites excluding steroid dienone is 1. The van der Waals surface area contributed by atoms with E-state index in [1.807, 2.05) is 0 Å². The van der Waals surface area contributed by atoms with Crippen LogP contribution in [0.15, 0.2) is 42.0 Å². The second-order valence-corrected chi connectivity index (χ2v) is 13.5. The summed E-state index contributed by atoms with van der Waals surface area (Å²) in [5.41, 5.74) is -7.87. The molecule has 0 radical (unpaired) electrons. The average molecular weight is 689 g/mol. The molecule has 5 unspecified atom stereocenters. The number of fused-ring (bicyclic) bond motifs is 1. The van der Waals surface area contributed by atoms with Crippen LogP contribution >= 0.6 is 0 Å². The minimum absolute atomic E-state index is 0.0756. The molecule has 4 rings (SSSR count). The van der Waals surface area contributed by atoms with Crippen LogP contribution in [0.3, 0.4) is 0 Å². The first-order valence-electron chi connectivity index (χ1n) is 15.9. The van der Waals surface area contributed by atoms with Crippen molar-refractivity contribution in [2.45, 2.75) is 116 Å². The fourth-order valence-corrected chi connectivity index (χ4v) is 7.96. The van der Waals surface area contributed by atoms with E-state index in [4.69, 9.17) is 33.2 Å². The molecule has 2 bridgehead atoms. The molecule has 1 heterocycles. The molecule has 1 aliphatic heterocycles. The van der Waals surface area contributed by atoms with Gasteiger partial charge in [-0.1, -0.05) is 24.3 Å². The fraction of sp³-hybridized carbons (Fsp3) is 0.600. The molecule has 3 fully saturated rings. The van der Waals surface area contributed by atoms with E-state index in [2.05, 4.69) is 0 Å². The topological polar surface area (TPSA) is 187 Å². The summed E-state index contributed by atoms with van der Waals surface area (Å²) in [7, 11) is 0. The second kappa shape index (κ2) is 13.5. The molecule has 9 atom stereocenters. The lowest BCUT2D eigenvalue weighted by Crippen LogP contribution is -2.85. The van der Waals surface area contributed by atoms with Crippen LogP contribution in [0.5, 0.6) is 0 Å². The van der Waals surface area contributed by atoms with Crippen molar-refractivity contribution in [1.29, 1.82) is 0 Å². The van der Waals surface area contributed by atoms with Crippen molar-refractivity contribution in [1.82, 2.24) is 0 Å². The van der Waals surface area contributed by atoms with Gasteiger partial charge in [-0.05, 0) is 46.8 Å². The lowest BCUT2D eigenvalue weighted by Gasteiger charge is -2.66. The SMILES string of the molecule is C/C=C(/C)C(=O)OC1C(OC(=O)c2ccccc2)[C@]2(COC(C)=O)C(OC(C)=O)C(OC(C)=O)C[C@@](C)(O)[C@]23OC(C)(C)[C@H]1C3OC(C)=O. The Morgan fingerprint density at radius 3 is 1.90 bits per heavy atom. The molecule has 268 valence electrons. The van der Waals surface area contributed by atoms with Crippen molar-refractivity contribution < 1.29 is 67.0 Å². The molecule has 0 amide bonds. The van der Waals surface area contributed by atoms with E-state index < -0.39 is 107 Å². The van der Waals surface area contributed by atoms with Gasteiger partial charge in [0.25, 0.3) is 0 Å². The molecule has 1 spiro atoms.